The second kappa shape index (κ2) is 4.87. The molecule has 1 aliphatic heterocycles. The number of hydrogen-bond donors (Lipinski definition) is 1. The number of likely N-dealkylation sites (tertiary alicyclic amines) is 1. The lowest BCUT2D eigenvalue weighted by Crippen LogP contribution is -2.54. The summed E-state index contributed by atoms with van der Waals surface area (Å²) in [7, 11) is 0. The molecule has 108 valence electrons. The molecule has 1 aliphatic carbocycles. The molecule has 2 aliphatic rings. The molecule has 6 nitrogen and oxygen atoms in total. The van der Waals surface area contributed by atoms with Gasteiger partial charge >= 0.3 is 6.03 Å². The quantitative estimate of drug-likeness (QED) is 0.932. The normalized spacial score (nSPS) is 18.4. The third-order valence-electron chi connectivity index (χ3n) is 4.01. The van der Waals surface area contributed by atoms with Crippen LogP contribution < -0.4 is 5.32 Å². The van der Waals surface area contributed by atoms with Crippen LogP contribution in [0, 0.1) is 0 Å². The van der Waals surface area contributed by atoms with Crippen molar-refractivity contribution in [3.05, 3.63) is 36.5 Å². The summed E-state index contributed by atoms with van der Waals surface area (Å²) in [6.45, 7) is 1.41. The maximum absolute atomic E-state index is 11.8. The van der Waals surface area contributed by atoms with Crippen molar-refractivity contribution in [3.63, 3.8) is 0 Å². The molecule has 1 saturated carbocycles. The van der Waals surface area contributed by atoms with E-state index in [4.69, 9.17) is 0 Å². The summed E-state index contributed by atoms with van der Waals surface area (Å²) in [4.78, 5) is 13.7. The van der Waals surface area contributed by atoms with E-state index in [2.05, 4.69) is 15.6 Å². The van der Waals surface area contributed by atoms with Gasteiger partial charge in [-0.25, -0.2) is 9.48 Å². The van der Waals surface area contributed by atoms with Crippen molar-refractivity contribution < 1.29 is 4.79 Å². The zero-order valence-corrected chi connectivity index (χ0v) is 11.6. The van der Waals surface area contributed by atoms with E-state index in [0.29, 0.717) is 19.1 Å². The number of aromatic nitrogens is 3. The van der Waals surface area contributed by atoms with Crippen LogP contribution in [0.3, 0.4) is 0 Å². The minimum absolute atomic E-state index is 0.0529. The van der Waals surface area contributed by atoms with Gasteiger partial charge < -0.3 is 10.2 Å². The van der Waals surface area contributed by atoms with E-state index in [1.54, 1.807) is 0 Å². The Morgan fingerprint density at radius 2 is 1.95 bits per heavy atom. The summed E-state index contributed by atoms with van der Waals surface area (Å²) >= 11 is 0. The fourth-order valence-electron chi connectivity index (χ4n) is 2.48. The Morgan fingerprint density at radius 1 is 1.19 bits per heavy atom. The lowest BCUT2D eigenvalue weighted by atomic mass is 10.1. The maximum Gasteiger partial charge on any atom is 0.317 e. The molecule has 2 aromatic rings. The van der Waals surface area contributed by atoms with Crippen LogP contribution in [0.4, 0.5) is 4.79 Å². The first-order chi connectivity index (χ1) is 10.3. The highest BCUT2D eigenvalue weighted by Crippen LogP contribution is 2.24. The summed E-state index contributed by atoms with van der Waals surface area (Å²) < 4.78 is 1.86. The van der Waals surface area contributed by atoms with Crippen LogP contribution in [0.1, 0.15) is 18.9 Å². The number of amides is 2. The minimum Gasteiger partial charge on any atom is -0.335 e. The molecule has 2 amide bonds. The zero-order valence-electron chi connectivity index (χ0n) is 11.6. The third-order valence-corrected chi connectivity index (χ3v) is 4.01. The molecule has 21 heavy (non-hydrogen) atoms. The predicted molar refractivity (Wildman–Crippen MR) is 77.6 cm³/mol. The van der Waals surface area contributed by atoms with E-state index in [0.717, 1.165) is 24.1 Å². The lowest BCUT2D eigenvalue weighted by Gasteiger charge is -2.38. The first kappa shape index (κ1) is 12.4. The van der Waals surface area contributed by atoms with Crippen molar-refractivity contribution in [2.24, 2.45) is 0 Å². The SMILES string of the molecule is O=C(NC1CC1)N1CC(n2cc(-c3ccccc3)nn2)C1. The Labute approximate surface area is 122 Å². The van der Waals surface area contributed by atoms with E-state index >= 15 is 0 Å². The van der Waals surface area contributed by atoms with E-state index in [-0.39, 0.29) is 12.1 Å². The minimum atomic E-state index is 0.0529. The van der Waals surface area contributed by atoms with Gasteiger partial charge in [-0.15, -0.1) is 5.10 Å². The highest BCUT2D eigenvalue weighted by Gasteiger charge is 2.35. The predicted octanol–water partition coefficient (Wildman–Crippen LogP) is 1.67. The van der Waals surface area contributed by atoms with Crippen molar-refractivity contribution in [2.45, 2.75) is 24.9 Å². The molecule has 2 fully saturated rings. The monoisotopic (exact) mass is 283 g/mol. The molecule has 2 heterocycles. The number of carbonyl (C=O) groups is 1. The Balaban J connectivity index is 1.38. The van der Waals surface area contributed by atoms with Crippen molar-refractivity contribution in [2.75, 3.05) is 13.1 Å². The summed E-state index contributed by atoms with van der Waals surface area (Å²) in [6, 6.07) is 10.7. The van der Waals surface area contributed by atoms with Crippen molar-refractivity contribution >= 4 is 6.03 Å². The van der Waals surface area contributed by atoms with E-state index < -0.39 is 0 Å². The highest BCUT2D eigenvalue weighted by molar-refractivity contribution is 5.75. The third kappa shape index (κ3) is 2.49. The van der Waals surface area contributed by atoms with Gasteiger partial charge in [-0.1, -0.05) is 35.5 Å². The van der Waals surface area contributed by atoms with Gasteiger partial charge in [-0.3, -0.25) is 0 Å². The number of hydrogen-bond acceptors (Lipinski definition) is 3. The maximum atomic E-state index is 11.8. The van der Waals surface area contributed by atoms with Gasteiger partial charge in [0, 0.05) is 24.7 Å². The molecule has 1 aromatic heterocycles. The van der Waals surface area contributed by atoms with Gasteiger partial charge in [-0.2, -0.15) is 0 Å². The van der Waals surface area contributed by atoms with Crippen LogP contribution in [0.5, 0.6) is 0 Å². The van der Waals surface area contributed by atoms with Gasteiger partial charge in [0.2, 0.25) is 0 Å². The molecule has 0 bridgehead atoms. The standard InChI is InChI=1S/C15H17N5O/c21-15(16-12-6-7-12)19-8-13(9-19)20-10-14(17-18-20)11-4-2-1-3-5-11/h1-5,10,12-13H,6-9H2,(H,16,21). The fraction of sp³-hybridized carbons (Fsp3) is 0.400. The zero-order chi connectivity index (χ0) is 14.2. The van der Waals surface area contributed by atoms with Crippen LogP contribution in [0.25, 0.3) is 11.3 Å². The molecule has 6 heteroatoms. The van der Waals surface area contributed by atoms with Gasteiger partial charge in [0.1, 0.15) is 5.69 Å². The molecule has 0 unspecified atom stereocenters. The van der Waals surface area contributed by atoms with Crippen LogP contribution in [0.2, 0.25) is 0 Å². The topological polar surface area (TPSA) is 63.1 Å². The molecular formula is C15H17N5O. The Hall–Kier alpha value is -2.37. The van der Waals surface area contributed by atoms with Crippen molar-refractivity contribution in [1.29, 1.82) is 0 Å². The number of benzene rings is 1. The average Bonchev–Trinajstić information content (AvgIpc) is 3.13. The van der Waals surface area contributed by atoms with Gasteiger partial charge in [0.05, 0.1) is 12.2 Å². The Bertz CT molecular complexity index is 643. The summed E-state index contributed by atoms with van der Waals surface area (Å²) in [5, 5.41) is 11.4. The van der Waals surface area contributed by atoms with Gasteiger partial charge in [0.15, 0.2) is 0 Å². The second-order valence-corrected chi connectivity index (χ2v) is 5.73. The van der Waals surface area contributed by atoms with Gasteiger partial charge in [-0.05, 0) is 12.8 Å². The number of urea groups is 1. The lowest BCUT2D eigenvalue weighted by molar-refractivity contribution is 0.117. The van der Waals surface area contributed by atoms with E-state index in [1.165, 1.54) is 0 Å². The second-order valence-electron chi connectivity index (χ2n) is 5.73. The molecule has 0 atom stereocenters. The first-order valence-electron chi connectivity index (χ1n) is 7.32. The van der Waals surface area contributed by atoms with E-state index in [1.807, 2.05) is 46.1 Å². The molecule has 1 N–H and O–H groups in total. The molecule has 1 aromatic carbocycles. The number of nitrogens with one attached hydrogen (secondary N) is 1. The van der Waals surface area contributed by atoms with Crippen molar-refractivity contribution in [3.8, 4) is 11.3 Å². The average molecular weight is 283 g/mol. The fourth-order valence-corrected chi connectivity index (χ4v) is 2.48. The molecule has 4 rings (SSSR count). The van der Waals surface area contributed by atoms with E-state index in [9.17, 15) is 4.79 Å². The van der Waals surface area contributed by atoms with Crippen LogP contribution >= 0.6 is 0 Å². The highest BCUT2D eigenvalue weighted by atomic mass is 16.2. The summed E-state index contributed by atoms with van der Waals surface area (Å²) in [6.07, 6.45) is 4.19. The summed E-state index contributed by atoms with van der Waals surface area (Å²) in [5.74, 6) is 0. The number of carbonyl (C=O) groups excluding carboxylic acids is 1. The van der Waals surface area contributed by atoms with Crippen LogP contribution in [0.15, 0.2) is 36.5 Å². The Morgan fingerprint density at radius 3 is 2.67 bits per heavy atom. The first-order valence-corrected chi connectivity index (χ1v) is 7.32. The van der Waals surface area contributed by atoms with Crippen molar-refractivity contribution in [1.82, 2.24) is 25.2 Å². The van der Waals surface area contributed by atoms with Gasteiger partial charge in [0.25, 0.3) is 0 Å². The van der Waals surface area contributed by atoms with Crippen LogP contribution in [-0.4, -0.2) is 45.1 Å². The molecular weight excluding hydrogens is 266 g/mol. The molecule has 0 radical (unpaired) electrons. The summed E-state index contributed by atoms with van der Waals surface area (Å²) in [5.41, 5.74) is 1.93. The molecule has 1 saturated heterocycles. The smallest absolute Gasteiger partial charge is 0.317 e. The largest absolute Gasteiger partial charge is 0.335 e. The molecule has 0 spiro atoms. The van der Waals surface area contributed by atoms with Crippen LogP contribution in [-0.2, 0) is 0 Å². The number of nitrogens with zero attached hydrogens (tertiary/aromatic N) is 4. The Kier molecular flexibility index (Phi) is 2.87. The number of rotatable bonds is 3.